The third kappa shape index (κ3) is 4.75. The van der Waals surface area contributed by atoms with Crippen molar-refractivity contribution in [1.82, 2.24) is 4.57 Å². The molecule has 0 aliphatic heterocycles. The van der Waals surface area contributed by atoms with E-state index in [1.807, 2.05) is 18.2 Å². The molecule has 0 atom stereocenters. The largest absolute Gasteiger partial charge is 0.316 e. The Balaban J connectivity index is 1.74. The Kier molecular flexibility index (Phi) is 6.51. The van der Waals surface area contributed by atoms with Crippen LogP contribution in [0.3, 0.4) is 0 Å². The van der Waals surface area contributed by atoms with Gasteiger partial charge >= 0.3 is 0 Å². The van der Waals surface area contributed by atoms with Gasteiger partial charge in [-0.15, -0.1) is 11.8 Å². The summed E-state index contributed by atoms with van der Waals surface area (Å²) in [6.07, 6.45) is 1.29. The van der Waals surface area contributed by atoms with Crippen LogP contribution in [0.1, 0.15) is 19.8 Å². The number of hydrogen-bond acceptors (Lipinski definition) is 3. The SMILES string of the molecule is CCCn1c(=NC(=O)CCSc2ccc(F)cc2)sc2cc(Cl)ccc21. The lowest BCUT2D eigenvalue weighted by Crippen LogP contribution is -2.16. The van der Waals surface area contributed by atoms with Gasteiger partial charge in [0.25, 0.3) is 0 Å². The molecule has 1 aromatic heterocycles. The zero-order chi connectivity index (χ0) is 18.5. The number of thiazole rings is 1. The number of aromatic nitrogens is 1. The van der Waals surface area contributed by atoms with Crippen LogP contribution < -0.4 is 4.80 Å². The Labute approximate surface area is 164 Å². The molecule has 7 heteroatoms. The quantitative estimate of drug-likeness (QED) is 0.503. The van der Waals surface area contributed by atoms with E-state index < -0.39 is 0 Å². The normalized spacial score (nSPS) is 12.0. The zero-order valence-electron chi connectivity index (χ0n) is 14.2. The molecule has 0 saturated heterocycles. The molecule has 1 amide bonds. The Hall–Kier alpha value is -1.63. The highest BCUT2D eigenvalue weighted by atomic mass is 35.5. The summed E-state index contributed by atoms with van der Waals surface area (Å²) in [4.78, 5) is 18.3. The number of amides is 1. The second-order valence-corrected chi connectivity index (χ2v) is 8.32. The maximum Gasteiger partial charge on any atom is 0.249 e. The summed E-state index contributed by atoms with van der Waals surface area (Å²) in [6.45, 7) is 2.90. The topological polar surface area (TPSA) is 34.4 Å². The molecule has 0 spiro atoms. The third-order valence-corrected chi connectivity index (χ3v) is 6.00. The van der Waals surface area contributed by atoms with Crippen molar-refractivity contribution >= 4 is 50.8 Å². The van der Waals surface area contributed by atoms with E-state index in [1.54, 1.807) is 12.1 Å². The number of aryl methyl sites for hydroxylation is 1. The number of rotatable bonds is 6. The summed E-state index contributed by atoms with van der Waals surface area (Å²) >= 11 is 9.07. The van der Waals surface area contributed by atoms with Gasteiger partial charge in [-0.3, -0.25) is 4.79 Å². The van der Waals surface area contributed by atoms with Gasteiger partial charge in [0, 0.05) is 28.6 Å². The molecule has 1 heterocycles. The maximum atomic E-state index is 12.9. The van der Waals surface area contributed by atoms with Crippen LogP contribution in [0.4, 0.5) is 4.39 Å². The lowest BCUT2D eigenvalue weighted by Gasteiger charge is -2.02. The van der Waals surface area contributed by atoms with E-state index in [1.165, 1.54) is 35.2 Å². The number of thioether (sulfide) groups is 1. The van der Waals surface area contributed by atoms with E-state index in [9.17, 15) is 9.18 Å². The van der Waals surface area contributed by atoms with Gasteiger partial charge in [0.2, 0.25) is 5.91 Å². The number of hydrogen-bond donors (Lipinski definition) is 0. The van der Waals surface area contributed by atoms with Gasteiger partial charge < -0.3 is 4.57 Å². The summed E-state index contributed by atoms with van der Waals surface area (Å²) in [5.74, 6) is 0.200. The second-order valence-electron chi connectivity index (χ2n) is 5.71. The third-order valence-electron chi connectivity index (χ3n) is 3.71. The summed E-state index contributed by atoms with van der Waals surface area (Å²) in [6, 6.07) is 12.0. The lowest BCUT2D eigenvalue weighted by molar-refractivity contribution is -0.117. The van der Waals surface area contributed by atoms with E-state index in [2.05, 4.69) is 16.5 Å². The predicted molar refractivity (Wildman–Crippen MR) is 107 cm³/mol. The number of benzene rings is 2. The molecule has 26 heavy (non-hydrogen) atoms. The van der Waals surface area contributed by atoms with Gasteiger partial charge in [-0.25, -0.2) is 4.39 Å². The first-order valence-electron chi connectivity index (χ1n) is 8.31. The average molecular weight is 409 g/mol. The van der Waals surface area contributed by atoms with E-state index in [0.29, 0.717) is 22.0 Å². The number of fused-ring (bicyclic) bond motifs is 1. The Morgan fingerprint density at radius 3 is 2.77 bits per heavy atom. The van der Waals surface area contributed by atoms with Crippen LogP contribution in [0, 0.1) is 5.82 Å². The first kappa shape index (κ1) is 19.1. The van der Waals surface area contributed by atoms with E-state index in [0.717, 1.165) is 28.1 Å². The smallest absolute Gasteiger partial charge is 0.249 e. The second kappa shape index (κ2) is 8.84. The molecule has 0 aliphatic carbocycles. The van der Waals surface area contributed by atoms with Gasteiger partial charge in [-0.05, 0) is 48.9 Å². The molecule has 0 aliphatic rings. The molecule has 3 rings (SSSR count). The van der Waals surface area contributed by atoms with Crippen molar-refractivity contribution in [2.45, 2.75) is 31.2 Å². The van der Waals surface area contributed by atoms with E-state index in [-0.39, 0.29) is 11.7 Å². The van der Waals surface area contributed by atoms with Crippen LogP contribution >= 0.6 is 34.7 Å². The number of halogens is 2. The highest BCUT2D eigenvalue weighted by Crippen LogP contribution is 2.22. The van der Waals surface area contributed by atoms with Crippen LogP contribution in [0.5, 0.6) is 0 Å². The van der Waals surface area contributed by atoms with Crippen LogP contribution in [0.2, 0.25) is 5.02 Å². The van der Waals surface area contributed by atoms with Crippen molar-refractivity contribution in [3.05, 3.63) is 58.1 Å². The Morgan fingerprint density at radius 2 is 2.04 bits per heavy atom. The summed E-state index contributed by atoms with van der Waals surface area (Å²) in [5, 5.41) is 0.677. The van der Waals surface area contributed by atoms with Gasteiger partial charge in [-0.2, -0.15) is 4.99 Å². The molecular weight excluding hydrogens is 391 g/mol. The first-order valence-corrected chi connectivity index (χ1v) is 10.5. The van der Waals surface area contributed by atoms with Crippen LogP contribution in [-0.2, 0) is 11.3 Å². The standard InChI is InChI=1S/C19H18ClFN2OS2/c1-2-10-23-16-8-3-13(20)12-17(16)26-19(23)22-18(24)9-11-25-15-6-4-14(21)5-7-15/h3-8,12H,2,9-11H2,1H3. The van der Waals surface area contributed by atoms with Crippen LogP contribution in [-0.4, -0.2) is 16.2 Å². The molecule has 3 nitrogen and oxygen atoms in total. The molecule has 136 valence electrons. The van der Waals surface area contributed by atoms with Crippen molar-refractivity contribution in [2.24, 2.45) is 4.99 Å². The Morgan fingerprint density at radius 1 is 1.27 bits per heavy atom. The summed E-state index contributed by atoms with van der Waals surface area (Å²) in [7, 11) is 0. The average Bonchev–Trinajstić information content (AvgIpc) is 2.93. The molecule has 3 aromatic rings. The highest BCUT2D eigenvalue weighted by Gasteiger charge is 2.08. The molecule has 0 N–H and O–H groups in total. The molecule has 0 saturated carbocycles. The van der Waals surface area contributed by atoms with Gasteiger partial charge in [0.15, 0.2) is 4.80 Å². The van der Waals surface area contributed by atoms with Crippen molar-refractivity contribution in [2.75, 3.05) is 5.75 Å². The fourth-order valence-corrected chi connectivity index (χ4v) is 4.71. The number of carbonyl (C=O) groups is 1. The predicted octanol–water partition coefficient (Wildman–Crippen LogP) is 5.52. The maximum absolute atomic E-state index is 12.9. The van der Waals surface area contributed by atoms with Crippen molar-refractivity contribution in [3.63, 3.8) is 0 Å². The fourth-order valence-electron chi connectivity index (χ4n) is 2.52. The highest BCUT2D eigenvalue weighted by molar-refractivity contribution is 7.99. The van der Waals surface area contributed by atoms with Crippen molar-refractivity contribution < 1.29 is 9.18 Å². The van der Waals surface area contributed by atoms with Gasteiger partial charge in [-0.1, -0.05) is 29.9 Å². The lowest BCUT2D eigenvalue weighted by atomic mass is 10.3. The monoisotopic (exact) mass is 408 g/mol. The molecule has 0 unspecified atom stereocenters. The van der Waals surface area contributed by atoms with Crippen LogP contribution in [0.25, 0.3) is 10.2 Å². The van der Waals surface area contributed by atoms with Crippen molar-refractivity contribution in [3.8, 4) is 0 Å². The van der Waals surface area contributed by atoms with Gasteiger partial charge in [0.1, 0.15) is 5.82 Å². The molecular formula is C19H18ClFN2OS2. The van der Waals surface area contributed by atoms with Gasteiger partial charge in [0.05, 0.1) is 10.2 Å². The summed E-state index contributed by atoms with van der Waals surface area (Å²) < 4.78 is 16.0. The minimum Gasteiger partial charge on any atom is -0.316 e. The number of nitrogens with zero attached hydrogens (tertiary/aromatic N) is 2. The molecule has 0 fully saturated rings. The van der Waals surface area contributed by atoms with E-state index in [4.69, 9.17) is 11.6 Å². The Bertz CT molecular complexity index is 979. The zero-order valence-corrected chi connectivity index (χ0v) is 16.6. The summed E-state index contributed by atoms with van der Waals surface area (Å²) in [5.41, 5.74) is 1.05. The number of carbonyl (C=O) groups excluding carboxylic acids is 1. The molecule has 0 bridgehead atoms. The fraction of sp³-hybridized carbons (Fsp3) is 0.263. The molecule has 2 aromatic carbocycles. The molecule has 0 radical (unpaired) electrons. The van der Waals surface area contributed by atoms with Crippen LogP contribution in [0.15, 0.2) is 52.4 Å². The van der Waals surface area contributed by atoms with E-state index >= 15 is 0 Å². The van der Waals surface area contributed by atoms with Crippen molar-refractivity contribution in [1.29, 1.82) is 0 Å². The minimum absolute atomic E-state index is 0.151. The minimum atomic E-state index is -0.259. The first-order chi connectivity index (χ1) is 12.6.